The van der Waals surface area contributed by atoms with Crippen molar-refractivity contribution in [1.82, 2.24) is 0 Å². The maximum absolute atomic E-state index is 12.0. The summed E-state index contributed by atoms with van der Waals surface area (Å²) in [7, 11) is 0. The van der Waals surface area contributed by atoms with E-state index in [1.165, 1.54) is 11.3 Å². The average molecular weight is 272 g/mol. The van der Waals surface area contributed by atoms with Gasteiger partial charge in [0, 0.05) is 16.3 Å². The molecule has 1 aromatic carbocycles. The molecule has 0 saturated carbocycles. The van der Waals surface area contributed by atoms with Gasteiger partial charge in [-0.05, 0) is 42.8 Å². The molecule has 1 aliphatic rings. The Labute approximate surface area is 114 Å². The first-order valence-electron chi connectivity index (χ1n) is 5.92. The lowest BCUT2D eigenvalue weighted by atomic mass is 10.1. The fourth-order valence-electron chi connectivity index (χ4n) is 2.06. The molecule has 96 valence electrons. The van der Waals surface area contributed by atoms with Crippen LogP contribution in [0.3, 0.4) is 0 Å². The molecule has 1 aromatic heterocycles. The predicted octanol–water partition coefficient (Wildman–Crippen LogP) is 2.80. The summed E-state index contributed by atoms with van der Waals surface area (Å²) in [4.78, 5) is 25.1. The van der Waals surface area contributed by atoms with Gasteiger partial charge in [-0.3, -0.25) is 9.59 Å². The summed E-state index contributed by atoms with van der Waals surface area (Å²) in [5.41, 5.74) is 2.46. The summed E-state index contributed by atoms with van der Waals surface area (Å²) in [6.07, 6.45) is 0.372. The van der Waals surface area contributed by atoms with E-state index in [0.29, 0.717) is 17.0 Å². The van der Waals surface area contributed by atoms with E-state index >= 15 is 0 Å². The van der Waals surface area contributed by atoms with Crippen molar-refractivity contribution >= 4 is 34.5 Å². The predicted molar refractivity (Wildman–Crippen MR) is 75.8 cm³/mol. The van der Waals surface area contributed by atoms with E-state index in [-0.39, 0.29) is 11.8 Å². The monoisotopic (exact) mass is 272 g/mol. The third-order valence-corrected chi connectivity index (χ3v) is 3.95. The van der Waals surface area contributed by atoms with Crippen LogP contribution >= 0.6 is 11.3 Å². The molecule has 0 atom stereocenters. The van der Waals surface area contributed by atoms with Crippen LogP contribution < -0.4 is 10.6 Å². The van der Waals surface area contributed by atoms with Crippen molar-refractivity contribution in [2.75, 3.05) is 10.6 Å². The molecule has 2 amide bonds. The molecule has 1 aliphatic heterocycles. The maximum atomic E-state index is 12.0. The lowest BCUT2D eigenvalue weighted by Crippen LogP contribution is -2.10. The molecule has 0 bridgehead atoms. The summed E-state index contributed by atoms with van der Waals surface area (Å²) in [6.45, 7) is 1.97. The van der Waals surface area contributed by atoms with Crippen LogP contribution in [-0.2, 0) is 11.2 Å². The highest BCUT2D eigenvalue weighted by atomic mass is 32.1. The van der Waals surface area contributed by atoms with Crippen molar-refractivity contribution in [3.63, 3.8) is 0 Å². The normalized spacial score (nSPS) is 13.0. The Morgan fingerprint density at radius 1 is 1.32 bits per heavy atom. The van der Waals surface area contributed by atoms with Crippen molar-refractivity contribution in [2.24, 2.45) is 0 Å². The highest BCUT2D eigenvalue weighted by Crippen LogP contribution is 2.26. The van der Waals surface area contributed by atoms with Gasteiger partial charge >= 0.3 is 0 Å². The Bertz CT molecular complexity index is 676. The number of anilines is 2. The van der Waals surface area contributed by atoms with Gasteiger partial charge in [-0.25, -0.2) is 0 Å². The molecule has 0 spiro atoms. The Kier molecular flexibility index (Phi) is 2.83. The lowest BCUT2D eigenvalue weighted by Gasteiger charge is -2.05. The van der Waals surface area contributed by atoms with Crippen molar-refractivity contribution in [2.45, 2.75) is 13.3 Å². The van der Waals surface area contributed by atoms with Crippen molar-refractivity contribution in [1.29, 1.82) is 0 Å². The van der Waals surface area contributed by atoms with Gasteiger partial charge in [0.05, 0.1) is 11.3 Å². The first-order chi connectivity index (χ1) is 9.11. The van der Waals surface area contributed by atoms with Crippen LogP contribution in [0.25, 0.3) is 0 Å². The van der Waals surface area contributed by atoms with Crippen LogP contribution in [0.1, 0.15) is 20.1 Å². The number of carbonyl (C=O) groups is 2. The summed E-state index contributed by atoms with van der Waals surface area (Å²) >= 11 is 1.46. The summed E-state index contributed by atoms with van der Waals surface area (Å²) < 4.78 is 0. The van der Waals surface area contributed by atoms with Crippen LogP contribution in [0.15, 0.2) is 30.3 Å². The number of rotatable bonds is 2. The van der Waals surface area contributed by atoms with Gasteiger partial charge in [0.2, 0.25) is 5.91 Å². The average Bonchev–Trinajstić information content (AvgIpc) is 2.93. The van der Waals surface area contributed by atoms with E-state index in [0.717, 1.165) is 16.1 Å². The molecule has 19 heavy (non-hydrogen) atoms. The molecule has 5 heteroatoms. The van der Waals surface area contributed by atoms with Gasteiger partial charge in [-0.2, -0.15) is 0 Å². The second-order valence-corrected chi connectivity index (χ2v) is 5.75. The number of amides is 2. The molecule has 2 heterocycles. The number of benzene rings is 1. The Morgan fingerprint density at radius 3 is 2.89 bits per heavy atom. The zero-order valence-corrected chi connectivity index (χ0v) is 11.1. The van der Waals surface area contributed by atoms with Crippen molar-refractivity contribution in [3.05, 3.63) is 45.6 Å². The largest absolute Gasteiger partial charge is 0.326 e. The molecule has 0 fully saturated rings. The number of thiophene rings is 1. The number of nitrogens with one attached hydrogen (secondary N) is 2. The maximum Gasteiger partial charge on any atom is 0.265 e. The van der Waals surface area contributed by atoms with E-state index in [1.54, 1.807) is 6.07 Å². The third-order valence-electron chi connectivity index (χ3n) is 2.95. The minimum absolute atomic E-state index is 0.00708. The molecule has 3 rings (SSSR count). The molecular weight excluding hydrogens is 260 g/mol. The number of hydrogen-bond acceptors (Lipinski definition) is 3. The smallest absolute Gasteiger partial charge is 0.265 e. The van der Waals surface area contributed by atoms with Gasteiger partial charge in [0.15, 0.2) is 0 Å². The lowest BCUT2D eigenvalue weighted by molar-refractivity contribution is -0.115. The SMILES string of the molecule is Cc1ccc(C(=O)Nc2ccc3c(c2)CC(=O)N3)s1. The Morgan fingerprint density at radius 2 is 2.16 bits per heavy atom. The standard InChI is InChI=1S/C14H12N2O2S/c1-8-2-5-12(19-8)14(18)15-10-3-4-11-9(6-10)7-13(17)16-11/h2-6H,7H2,1H3,(H,15,18)(H,16,17). The topological polar surface area (TPSA) is 58.2 Å². The van der Waals surface area contributed by atoms with E-state index in [9.17, 15) is 9.59 Å². The molecular formula is C14H12N2O2S. The zero-order chi connectivity index (χ0) is 13.4. The van der Waals surface area contributed by atoms with E-state index < -0.39 is 0 Å². The highest BCUT2D eigenvalue weighted by molar-refractivity contribution is 7.14. The molecule has 4 nitrogen and oxygen atoms in total. The van der Waals surface area contributed by atoms with Gasteiger partial charge < -0.3 is 10.6 Å². The zero-order valence-electron chi connectivity index (χ0n) is 10.3. The van der Waals surface area contributed by atoms with Crippen LogP contribution in [-0.4, -0.2) is 11.8 Å². The first kappa shape index (κ1) is 11.9. The fourth-order valence-corrected chi connectivity index (χ4v) is 2.82. The van der Waals surface area contributed by atoms with E-state index in [1.807, 2.05) is 31.2 Å². The fraction of sp³-hybridized carbons (Fsp3) is 0.143. The van der Waals surface area contributed by atoms with E-state index in [2.05, 4.69) is 10.6 Å². The van der Waals surface area contributed by atoms with Crippen LogP contribution in [0.2, 0.25) is 0 Å². The van der Waals surface area contributed by atoms with Crippen LogP contribution in [0.5, 0.6) is 0 Å². The van der Waals surface area contributed by atoms with Gasteiger partial charge in [0.25, 0.3) is 5.91 Å². The molecule has 2 aromatic rings. The Hall–Kier alpha value is -2.14. The second kappa shape index (κ2) is 4.51. The Balaban J connectivity index is 1.79. The number of fused-ring (bicyclic) bond motifs is 1. The van der Waals surface area contributed by atoms with Gasteiger partial charge in [-0.15, -0.1) is 11.3 Å². The van der Waals surface area contributed by atoms with Crippen LogP contribution in [0.4, 0.5) is 11.4 Å². The van der Waals surface area contributed by atoms with Gasteiger partial charge in [0.1, 0.15) is 0 Å². The molecule has 2 N–H and O–H groups in total. The van der Waals surface area contributed by atoms with Gasteiger partial charge in [-0.1, -0.05) is 0 Å². The minimum atomic E-state index is -0.115. The molecule has 0 unspecified atom stereocenters. The first-order valence-corrected chi connectivity index (χ1v) is 6.74. The van der Waals surface area contributed by atoms with Crippen LogP contribution in [0, 0.1) is 6.92 Å². The molecule has 0 saturated heterocycles. The number of hydrogen-bond donors (Lipinski definition) is 2. The van der Waals surface area contributed by atoms with E-state index in [4.69, 9.17) is 0 Å². The number of aryl methyl sites for hydroxylation is 1. The summed E-state index contributed by atoms with van der Waals surface area (Å²) in [5, 5.41) is 5.61. The van der Waals surface area contributed by atoms with Crippen molar-refractivity contribution < 1.29 is 9.59 Å². The summed E-state index contributed by atoms with van der Waals surface area (Å²) in [6, 6.07) is 9.18. The second-order valence-electron chi connectivity index (χ2n) is 4.46. The minimum Gasteiger partial charge on any atom is -0.326 e. The quantitative estimate of drug-likeness (QED) is 0.883. The van der Waals surface area contributed by atoms with Crippen molar-refractivity contribution in [3.8, 4) is 0 Å². The molecule has 0 aliphatic carbocycles. The number of carbonyl (C=O) groups excluding carboxylic acids is 2. The summed E-state index contributed by atoms with van der Waals surface area (Å²) in [5.74, 6) is -0.123. The highest BCUT2D eigenvalue weighted by Gasteiger charge is 2.18. The third kappa shape index (κ3) is 2.37. The molecule has 0 radical (unpaired) electrons.